The van der Waals surface area contributed by atoms with Crippen molar-refractivity contribution in [3.8, 4) is 6.01 Å². The molecule has 106 valence electrons. The first kappa shape index (κ1) is 13.8. The molecule has 0 bridgehead atoms. The lowest BCUT2D eigenvalue weighted by Gasteiger charge is -2.31. The highest BCUT2D eigenvalue weighted by molar-refractivity contribution is 5.33. The van der Waals surface area contributed by atoms with E-state index in [4.69, 9.17) is 15.2 Å². The molecular formula is C12H21N5O2. The molecule has 0 radical (unpaired) electrons. The molecule has 1 aromatic heterocycles. The zero-order valence-electron chi connectivity index (χ0n) is 11.8. The number of anilines is 2. The SMILES string of the molecule is CC1CC(Oc2nc(N)nc(N(C)C)n2)CC(C)O1. The molecule has 1 aliphatic rings. The summed E-state index contributed by atoms with van der Waals surface area (Å²) in [5.41, 5.74) is 5.66. The van der Waals surface area contributed by atoms with Crippen LogP contribution in [0.5, 0.6) is 6.01 Å². The van der Waals surface area contributed by atoms with E-state index in [2.05, 4.69) is 15.0 Å². The average molecular weight is 267 g/mol. The topological polar surface area (TPSA) is 86.4 Å². The molecule has 19 heavy (non-hydrogen) atoms. The Bertz CT molecular complexity index is 430. The third kappa shape index (κ3) is 3.66. The lowest BCUT2D eigenvalue weighted by Crippen LogP contribution is -2.36. The van der Waals surface area contributed by atoms with E-state index in [-0.39, 0.29) is 30.3 Å². The molecule has 2 atom stereocenters. The van der Waals surface area contributed by atoms with Crippen molar-refractivity contribution in [3.63, 3.8) is 0 Å². The normalized spacial score (nSPS) is 27.1. The fourth-order valence-electron chi connectivity index (χ4n) is 2.20. The second-order valence-electron chi connectivity index (χ2n) is 5.14. The van der Waals surface area contributed by atoms with Crippen LogP contribution in [0.2, 0.25) is 0 Å². The minimum Gasteiger partial charge on any atom is -0.460 e. The standard InChI is InChI=1S/C12H21N5O2/c1-7-5-9(6-8(2)18-7)19-12-15-10(13)14-11(16-12)17(3)4/h7-9H,5-6H2,1-4H3,(H2,13,14,15,16). The molecule has 2 heterocycles. The van der Waals surface area contributed by atoms with Crippen LogP contribution in [0.1, 0.15) is 26.7 Å². The molecule has 7 nitrogen and oxygen atoms in total. The minimum absolute atomic E-state index is 0.0514. The van der Waals surface area contributed by atoms with Crippen molar-refractivity contribution in [3.05, 3.63) is 0 Å². The van der Waals surface area contributed by atoms with Crippen molar-refractivity contribution in [2.45, 2.75) is 45.0 Å². The fourth-order valence-corrected chi connectivity index (χ4v) is 2.20. The summed E-state index contributed by atoms with van der Waals surface area (Å²) >= 11 is 0. The van der Waals surface area contributed by atoms with Crippen LogP contribution in [0.25, 0.3) is 0 Å². The first-order valence-electron chi connectivity index (χ1n) is 6.45. The molecule has 0 aromatic carbocycles. The molecule has 1 aliphatic heterocycles. The van der Waals surface area contributed by atoms with Crippen LogP contribution in [0.3, 0.4) is 0 Å². The van der Waals surface area contributed by atoms with Gasteiger partial charge in [-0.1, -0.05) is 0 Å². The highest BCUT2D eigenvalue weighted by Crippen LogP contribution is 2.23. The maximum Gasteiger partial charge on any atom is 0.323 e. The molecule has 0 aliphatic carbocycles. The van der Waals surface area contributed by atoms with Gasteiger partial charge in [-0.3, -0.25) is 0 Å². The number of aromatic nitrogens is 3. The van der Waals surface area contributed by atoms with Gasteiger partial charge in [0.15, 0.2) is 0 Å². The summed E-state index contributed by atoms with van der Waals surface area (Å²) in [6.07, 6.45) is 2.07. The van der Waals surface area contributed by atoms with Crippen LogP contribution in [0.15, 0.2) is 0 Å². The monoisotopic (exact) mass is 267 g/mol. The summed E-state index contributed by atoms with van der Waals surface area (Å²) < 4.78 is 11.5. The van der Waals surface area contributed by atoms with Gasteiger partial charge in [0.05, 0.1) is 12.2 Å². The zero-order valence-corrected chi connectivity index (χ0v) is 11.8. The molecule has 1 aromatic rings. The molecule has 1 saturated heterocycles. The summed E-state index contributed by atoms with van der Waals surface area (Å²) in [6, 6.07) is 0.280. The molecule has 1 fully saturated rings. The highest BCUT2D eigenvalue weighted by Gasteiger charge is 2.26. The maximum atomic E-state index is 5.82. The number of hydrogen-bond acceptors (Lipinski definition) is 7. The van der Waals surface area contributed by atoms with Gasteiger partial charge in [0.2, 0.25) is 11.9 Å². The van der Waals surface area contributed by atoms with Gasteiger partial charge in [-0.2, -0.15) is 15.0 Å². The number of nitrogens with two attached hydrogens (primary N) is 1. The van der Waals surface area contributed by atoms with E-state index in [1.807, 2.05) is 27.9 Å². The van der Waals surface area contributed by atoms with Crippen LogP contribution < -0.4 is 15.4 Å². The van der Waals surface area contributed by atoms with Crippen LogP contribution in [0, 0.1) is 0 Å². The van der Waals surface area contributed by atoms with E-state index < -0.39 is 0 Å². The lowest BCUT2D eigenvalue weighted by molar-refractivity contribution is -0.0738. The third-order valence-electron chi connectivity index (χ3n) is 2.95. The highest BCUT2D eigenvalue weighted by atomic mass is 16.5. The van der Waals surface area contributed by atoms with Crippen molar-refractivity contribution >= 4 is 11.9 Å². The molecule has 7 heteroatoms. The molecule has 0 saturated carbocycles. The Kier molecular flexibility index (Phi) is 4.04. The largest absolute Gasteiger partial charge is 0.460 e. The van der Waals surface area contributed by atoms with Crippen LogP contribution in [-0.2, 0) is 4.74 Å². The van der Waals surface area contributed by atoms with Crippen molar-refractivity contribution < 1.29 is 9.47 Å². The second-order valence-corrected chi connectivity index (χ2v) is 5.14. The predicted octanol–water partition coefficient (Wildman–Crippen LogP) is 0.855. The molecule has 2 unspecified atom stereocenters. The predicted molar refractivity (Wildman–Crippen MR) is 72.2 cm³/mol. The number of rotatable bonds is 3. The maximum absolute atomic E-state index is 5.82. The lowest BCUT2D eigenvalue weighted by atomic mass is 10.0. The molecule has 0 amide bonds. The number of nitrogens with zero attached hydrogens (tertiary/aromatic N) is 4. The Morgan fingerprint density at radius 3 is 2.37 bits per heavy atom. The average Bonchev–Trinajstić information content (AvgIpc) is 2.26. The fraction of sp³-hybridized carbons (Fsp3) is 0.750. The summed E-state index contributed by atoms with van der Waals surface area (Å²) in [5.74, 6) is 0.664. The van der Waals surface area contributed by atoms with Crippen LogP contribution >= 0.6 is 0 Å². The minimum atomic E-state index is 0.0514. The number of nitrogen functional groups attached to an aromatic ring is 1. The van der Waals surface area contributed by atoms with E-state index in [9.17, 15) is 0 Å². The smallest absolute Gasteiger partial charge is 0.323 e. The summed E-state index contributed by atoms with van der Waals surface area (Å²) in [6.45, 7) is 4.08. The Morgan fingerprint density at radius 1 is 1.16 bits per heavy atom. The van der Waals surface area contributed by atoms with E-state index in [1.54, 1.807) is 4.90 Å². The third-order valence-corrected chi connectivity index (χ3v) is 2.95. The number of ether oxygens (including phenoxy) is 2. The summed E-state index contributed by atoms with van der Waals surface area (Å²) in [4.78, 5) is 14.1. The molecule has 0 spiro atoms. The van der Waals surface area contributed by atoms with Gasteiger partial charge in [-0.15, -0.1) is 0 Å². The van der Waals surface area contributed by atoms with Crippen molar-refractivity contribution in [2.75, 3.05) is 24.7 Å². The molecule has 2 N–H and O–H groups in total. The zero-order chi connectivity index (χ0) is 14.0. The Morgan fingerprint density at radius 2 is 1.79 bits per heavy atom. The number of hydrogen-bond donors (Lipinski definition) is 1. The van der Waals surface area contributed by atoms with E-state index >= 15 is 0 Å². The van der Waals surface area contributed by atoms with Gasteiger partial charge in [-0.05, 0) is 13.8 Å². The van der Waals surface area contributed by atoms with Crippen LogP contribution in [-0.4, -0.2) is 47.4 Å². The van der Waals surface area contributed by atoms with E-state index in [1.165, 1.54) is 0 Å². The van der Waals surface area contributed by atoms with Gasteiger partial charge in [0, 0.05) is 26.9 Å². The first-order valence-corrected chi connectivity index (χ1v) is 6.45. The van der Waals surface area contributed by atoms with Gasteiger partial charge in [-0.25, -0.2) is 0 Å². The van der Waals surface area contributed by atoms with Gasteiger partial charge in [0.25, 0.3) is 0 Å². The summed E-state index contributed by atoms with van der Waals surface area (Å²) in [7, 11) is 3.69. The van der Waals surface area contributed by atoms with E-state index in [0.717, 1.165) is 12.8 Å². The molecule has 2 rings (SSSR count). The molecular weight excluding hydrogens is 246 g/mol. The van der Waals surface area contributed by atoms with E-state index in [0.29, 0.717) is 5.95 Å². The Hall–Kier alpha value is -1.63. The Labute approximate surface area is 113 Å². The second kappa shape index (κ2) is 5.56. The van der Waals surface area contributed by atoms with Gasteiger partial charge < -0.3 is 20.1 Å². The van der Waals surface area contributed by atoms with Crippen LogP contribution in [0.4, 0.5) is 11.9 Å². The Balaban J connectivity index is 2.10. The van der Waals surface area contributed by atoms with Gasteiger partial charge in [0.1, 0.15) is 6.10 Å². The van der Waals surface area contributed by atoms with Crippen molar-refractivity contribution in [1.82, 2.24) is 15.0 Å². The van der Waals surface area contributed by atoms with Crippen molar-refractivity contribution in [1.29, 1.82) is 0 Å². The first-order chi connectivity index (χ1) is 8.94. The van der Waals surface area contributed by atoms with Gasteiger partial charge >= 0.3 is 6.01 Å². The van der Waals surface area contributed by atoms with Crippen molar-refractivity contribution in [2.24, 2.45) is 0 Å². The summed E-state index contributed by atoms with van der Waals surface area (Å²) in [5, 5.41) is 0. The quantitative estimate of drug-likeness (QED) is 0.868.